The zero-order valence-corrected chi connectivity index (χ0v) is 17.3. The average molecular weight is 452 g/mol. The summed E-state index contributed by atoms with van der Waals surface area (Å²) < 4.78 is 69.1. The van der Waals surface area contributed by atoms with E-state index >= 15 is 0 Å². The maximum absolute atomic E-state index is 12.5. The van der Waals surface area contributed by atoms with Gasteiger partial charge in [0.2, 0.25) is 5.06 Å². The summed E-state index contributed by atoms with van der Waals surface area (Å²) in [5.74, 6) is 0. The molecule has 0 spiro atoms. The number of ether oxygens (including phenoxy) is 1. The van der Waals surface area contributed by atoms with E-state index < -0.39 is 38.4 Å². The number of nitrogens with one attached hydrogen (secondary N) is 1. The molecule has 0 aliphatic heterocycles. The van der Waals surface area contributed by atoms with Gasteiger partial charge in [-0.1, -0.05) is 41.7 Å². The highest BCUT2D eigenvalue weighted by atomic mass is 32.2. The molecule has 0 unspecified atom stereocenters. The van der Waals surface area contributed by atoms with E-state index in [1.54, 1.807) is 51.1 Å². The number of halogens is 3. The van der Waals surface area contributed by atoms with Gasteiger partial charge in [-0.05, 0) is 32.8 Å². The summed E-state index contributed by atoms with van der Waals surface area (Å²) in [6.07, 6.45) is 0.357. The van der Waals surface area contributed by atoms with E-state index in [-0.39, 0.29) is 11.4 Å². The largest absolute Gasteiger partial charge is 0.534 e. The van der Waals surface area contributed by atoms with Gasteiger partial charge in [0.15, 0.2) is 0 Å². The van der Waals surface area contributed by atoms with Crippen molar-refractivity contribution >= 4 is 27.5 Å². The van der Waals surface area contributed by atoms with Crippen LogP contribution < -0.4 is 9.50 Å². The fourth-order valence-electron chi connectivity index (χ4n) is 2.13. The molecule has 7 nitrogen and oxygen atoms in total. The summed E-state index contributed by atoms with van der Waals surface area (Å²) in [6.45, 7) is 5.03. The van der Waals surface area contributed by atoms with Gasteiger partial charge in [0.25, 0.3) is 0 Å². The Kier molecular flexibility index (Phi) is 6.78. The van der Waals surface area contributed by atoms with Gasteiger partial charge in [-0.15, -0.1) is 0 Å². The van der Waals surface area contributed by atoms with Crippen molar-refractivity contribution in [2.45, 2.75) is 44.3 Å². The number of rotatable bonds is 6. The fraction of sp³-hybridized carbons (Fsp3) is 0.412. The maximum Gasteiger partial charge on any atom is 0.534 e. The maximum atomic E-state index is 12.5. The first-order valence-electron chi connectivity index (χ1n) is 8.27. The predicted molar refractivity (Wildman–Crippen MR) is 100.0 cm³/mol. The summed E-state index contributed by atoms with van der Waals surface area (Å²) in [4.78, 5) is 16.1. The molecule has 0 saturated heterocycles. The lowest BCUT2D eigenvalue weighted by Crippen LogP contribution is -2.35. The van der Waals surface area contributed by atoms with Crippen molar-refractivity contribution in [1.82, 2.24) is 10.3 Å². The molecule has 12 heteroatoms. The van der Waals surface area contributed by atoms with Crippen molar-refractivity contribution in [3.8, 4) is 5.06 Å². The van der Waals surface area contributed by atoms with Gasteiger partial charge in [0, 0.05) is 0 Å². The van der Waals surface area contributed by atoms with E-state index in [1.807, 2.05) is 0 Å². The van der Waals surface area contributed by atoms with Gasteiger partial charge >= 0.3 is 21.7 Å². The molecule has 29 heavy (non-hydrogen) atoms. The number of alkyl carbamates (subject to hydrolysis) is 1. The van der Waals surface area contributed by atoms with E-state index in [0.29, 0.717) is 11.3 Å². The lowest BCUT2D eigenvalue weighted by Gasteiger charge is -2.23. The van der Waals surface area contributed by atoms with Crippen LogP contribution in [0.25, 0.3) is 0 Å². The number of amides is 1. The van der Waals surface area contributed by atoms with E-state index in [9.17, 15) is 26.4 Å². The van der Waals surface area contributed by atoms with Crippen LogP contribution in [0, 0.1) is 0 Å². The highest BCUT2D eigenvalue weighted by molar-refractivity contribution is 7.88. The monoisotopic (exact) mass is 452 g/mol. The number of alkyl halides is 3. The molecule has 1 heterocycles. The van der Waals surface area contributed by atoms with Crippen molar-refractivity contribution < 1.29 is 35.3 Å². The molecule has 160 valence electrons. The second-order valence-electron chi connectivity index (χ2n) is 6.89. The number of hydrogen-bond acceptors (Lipinski definition) is 7. The van der Waals surface area contributed by atoms with Crippen LogP contribution in [0.2, 0.25) is 0 Å². The highest BCUT2D eigenvalue weighted by Gasteiger charge is 2.49. The molecule has 0 aliphatic rings. The van der Waals surface area contributed by atoms with E-state index in [4.69, 9.17) is 4.74 Å². The second kappa shape index (κ2) is 8.57. The third-order valence-electron chi connectivity index (χ3n) is 3.25. The van der Waals surface area contributed by atoms with Crippen LogP contribution in [0.15, 0.2) is 36.5 Å². The van der Waals surface area contributed by atoms with Crippen LogP contribution in [-0.2, 0) is 21.3 Å². The van der Waals surface area contributed by atoms with Crippen LogP contribution in [-0.4, -0.2) is 30.6 Å². The molecule has 1 N–H and O–H groups in total. The first kappa shape index (κ1) is 22.9. The number of hydrogen-bond donors (Lipinski definition) is 1. The molecule has 0 bridgehead atoms. The average Bonchev–Trinajstić information content (AvgIpc) is 3.00. The lowest BCUT2D eigenvalue weighted by molar-refractivity contribution is -0.0499. The van der Waals surface area contributed by atoms with Gasteiger partial charge in [-0.2, -0.15) is 21.6 Å². The number of carbonyl (C=O) groups excluding carboxylic acids is 1. The van der Waals surface area contributed by atoms with E-state index in [0.717, 1.165) is 11.8 Å². The quantitative estimate of drug-likeness (QED) is 0.522. The van der Waals surface area contributed by atoms with Crippen molar-refractivity contribution in [3.63, 3.8) is 0 Å². The minimum absolute atomic E-state index is 0.159. The number of nitrogens with zero attached hydrogens (tertiary/aromatic N) is 1. The molecule has 1 aromatic carbocycles. The fourth-order valence-corrected chi connectivity index (χ4v) is 3.59. The minimum Gasteiger partial charge on any atom is -0.444 e. The van der Waals surface area contributed by atoms with Crippen LogP contribution in [0.5, 0.6) is 5.06 Å². The van der Waals surface area contributed by atoms with E-state index in [2.05, 4.69) is 14.5 Å². The topological polar surface area (TPSA) is 94.6 Å². The first-order chi connectivity index (χ1) is 13.3. The van der Waals surface area contributed by atoms with Crippen molar-refractivity contribution in [2.24, 2.45) is 0 Å². The Labute approximate surface area is 170 Å². The third kappa shape index (κ3) is 6.89. The first-order valence-corrected chi connectivity index (χ1v) is 10.5. The van der Waals surface area contributed by atoms with Crippen molar-refractivity contribution in [2.75, 3.05) is 0 Å². The molecule has 0 fully saturated rings. The summed E-state index contributed by atoms with van der Waals surface area (Å²) >= 11 is 0.580. The second-order valence-corrected chi connectivity index (χ2v) is 9.45. The van der Waals surface area contributed by atoms with Crippen molar-refractivity contribution in [1.29, 1.82) is 0 Å². The number of aromatic nitrogens is 1. The minimum atomic E-state index is -5.81. The summed E-state index contributed by atoms with van der Waals surface area (Å²) in [5.41, 5.74) is -5.51. The molecule has 0 radical (unpaired) electrons. The Morgan fingerprint density at radius 1 is 1.21 bits per heavy atom. The SMILES string of the molecule is CC(C)(C)OC(=O)N[C@@H](Cc1ccccc1)c1ncc(OS(=O)(=O)C(F)(F)F)s1. The van der Waals surface area contributed by atoms with Crippen molar-refractivity contribution in [3.05, 3.63) is 47.1 Å². The predicted octanol–water partition coefficient (Wildman–Crippen LogP) is 4.18. The van der Waals surface area contributed by atoms with Crippen LogP contribution in [0.4, 0.5) is 18.0 Å². The third-order valence-corrected chi connectivity index (χ3v) is 5.31. The molecule has 0 aliphatic carbocycles. The summed E-state index contributed by atoms with van der Waals surface area (Å²) in [5, 5.41) is 2.20. The Bertz CT molecular complexity index is 938. The Morgan fingerprint density at radius 3 is 2.38 bits per heavy atom. The van der Waals surface area contributed by atoms with E-state index in [1.165, 1.54) is 0 Å². The normalized spacial score (nSPS) is 13.6. The molecule has 2 rings (SSSR count). The molecular weight excluding hydrogens is 433 g/mol. The van der Waals surface area contributed by atoms with Crippen LogP contribution in [0.1, 0.15) is 37.4 Å². The standard InChI is InChI=1S/C17H19F3N2O5S2/c1-16(2,3)26-15(23)22-12(9-11-7-5-4-6-8-11)14-21-10-13(28-14)27-29(24,25)17(18,19)20/h4-8,10,12H,9H2,1-3H3,(H,22,23)/t12-/m0/s1. The van der Waals surface area contributed by atoms with Gasteiger partial charge in [0.1, 0.15) is 10.6 Å². The molecular formula is C17H19F3N2O5S2. The molecule has 1 aromatic heterocycles. The Balaban J connectivity index is 2.24. The van der Waals surface area contributed by atoms with Gasteiger partial charge in [-0.3, -0.25) is 0 Å². The zero-order valence-electron chi connectivity index (χ0n) is 15.7. The van der Waals surface area contributed by atoms with Gasteiger partial charge in [-0.25, -0.2) is 9.78 Å². The summed E-state index contributed by atoms with van der Waals surface area (Å²) in [7, 11) is -5.81. The smallest absolute Gasteiger partial charge is 0.444 e. The van der Waals surface area contributed by atoms with Crippen LogP contribution >= 0.6 is 11.3 Å². The number of thiazole rings is 1. The lowest BCUT2D eigenvalue weighted by atomic mass is 10.1. The highest BCUT2D eigenvalue weighted by Crippen LogP contribution is 2.33. The molecule has 2 aromatic rings. The summed E-state index contributed by atoms with van der Waals surface area (Å²) in [6, 6.07) is 8.18. The molecule has 0 saturated carbocycles. The van der Waals surface area contributed by atoms with Gasteiger partial charge < -0.3 is 14.2 Å². The Morgan fingerprint density at radius 2 is 1.83 bits per heavy atom. The molecule has 1 atom stereocenters. The van der Waals surface area contributed by atoms with Crippen LogP contribution in [0.3, 0.4) is 0 Å². The number of carbonyl (C=O) groups is 1. The number of benzene rings is 1. The van der Waals surface area contributed by atoms with Gasteiger partial charge in [0.05, 0.1) is 12.2 Å². The Hall–Kier alpha value is -2.34. The molecule has 1 amide bonds. The zero-order chi connectivity index (χ0) is 21.9.